The number of aromatic hydroxyl groups is 1. The Morgan fingerprint density at radius 1 is 1.04 bits per heavy atom. The van der Waals surface area contributed by atoms with Crippen LogP contribution in [0.3, 0.4) is 0 Å². The zero-order valence-electron chi connectivity index (χ0n) is 15.4. The Morgan fingerprint density at radius 2 is 1.58 bits per heavy atom. The second-order valence-corrected chi connectivity index (χ2v) is 6.36. The van der Waals surface area contributed by atoms with Crippen LogP contribution in [0.2, 0.25) is 0 Å². The van der Waals surface area contributed by atoms with E-state index in [2.05, 4.69) is 15.1 Å². The van der Waals surface area contributed by atoms with Gasteiger partial charge in [0.25, 0.3) is 0 Å². The highest BCUT2D eigenvalue weighted by Gasteiger charge is 2.29. The summed E-state index contributed by atoms with van der Waals surface area (Å²) in [7, 11) is 0. The molecule has 0 saturated carbocycles. The lowest BCUT2D eigenvalue weighted by Gasteiger charge is -2.17. The average Bonchev–Trinajstić information content (AvgIpc) is 3.20. The van der Waals surface area contributed by atoms with E-state index in [1.54, 1.807) is 6.07 Å². The number of rotatable bonds is 6. The largest absolute Gasteiger partial charge is 0.508 e. The minimum Gasteiger partial charge on any atom is -0.508 e. The first-order chi connectivity index (χ1) is 12.5. The molecule has 3 rings (SSSR count). The van der Waals surface area contributed by atoms with Crippen LogP contribution in [-0.4, -0.2) is 25.0 Å². The molecule has 0 atom stereocenters. The number of H-pyrrole nitrogens is 2. The summed E-state index contributed by atoms with van der Waals surface area (Å²) in [6, 6.07) is 4.59. The molecule has 0 spiro atoms. The molecule has 3 N–H and O–H groups in total. The van der Waals surface area contributed by atoms with Crippen molar-refractivity contribution in [2.24, 2.45) is 5.18 Å². The zero-order valence-corrected chi connectivity index (χ0v) is 15.4. The van der Waals surface area contributed by atoms with E-state index in [-0.39, 0.29) is 11.4 Å². The number of imidazole rings is 2. The fourth-order valence-corrected chi connectivity index (χ4v) is 3.23. The van der Waals surface area contributed by atoms with E-state index in [0.717, 1.165) is 47.3 Å². The Labute approximate surface area is 151 Å². The van der Waals surface area contributed by atoms with E-state index < -0.39 is 5.92 Å². The van der Waals surface area contributed by atoms with Crippen molar-refractivity contribution >= 4 is 5.69 Å². The van der Waals surface area contributed by atoms with Crippen molar-refractivity contribution in [1.29, 1.82) is 0 Å². The van der Waals surface area contributed by atoms with Crippen molar-refractivity contribution in [2.75, 3.05) is 0 Å². The molecule has 7 nitrogen and oxygen atoms in total. The summed E-state index contributed by atoms with van der Waals surface area (Å²) in [5, 5.41) is 13.5. The van der Waals surface area contributed by atoms with Gasteiger partial charge in [-0.1, -0.05) is 13.8 Å². The lowest BCUT2D eigenvalue weighted by Crippen LogP contribution is -2.08. The fraction of sp³-hybridized carbons (Fsp3) is 0.368. The monoisotopic (exact) mass is 353 g/mol. The fourth-order valence-electron chi connectivity index (χ4n) is 3.23. The van der Waals surface area contributed by atoms with E-state index in [1.807, 2.05) is 27.7 Å². The summed E-state index contributed by atoms with van der Waals surface area (Å²) in [4.78, 5) is 27.0. The van der Waals surface area contributed by atoms with Gasteiger partial charge in [-0.2, -0.15) is 0 Å². The zero-order chi connectivity index (χ0) is 18.8. The van der Waals surface area contributed by atoms with Crippen LogP contribution < -0.4 is 0 Å². The number of phenols is 1. The van der Waals surface area contributed by atoms with Gasteiger partial charge in [-0.25, -0.2) is 9.97 Å². The number of aromatic nitrogens is 4. The Bertz CT molecular complexity index is 893. The van der Waals surface area contributed by atoms with E-state index in [0.29, 0.717) is 5.56 Å². The number of phenolic OH excluding ortho intramolecular Hbond substituents is 1. The summed E-state index contributed by atoms with van der Waals surface area (Å²) in [6.45, 7) is 7.97. The van der Waals surface area contributed by atoms with E-state index >= 15 is 0 Å². The first-order valence-corrected chi connectivity index (χ1v) is 8.75. The first-order valence-electron chi connectivity index (χ1n) is 8.75. The predicted octanol–water partition coefficient (Wildman–Crippen LogP) is 4.16. The third-order valence-electron chi connectivity index (χ3n) is 4.59. The van der Waals surface area contributed by atoms with Gasteiger partial charge in [-0.3, -0.25) is 0 Å². The molecular weight excluding hydrogens is 330 g/mol. The maximum Gasteiger partial charge on any atom is 0.120 e. The number of hydrogen-bond donors (Lipinski definition) is 3. The highest BCUT2D eigenvalue weighted by atomic mass is 16.3. The van der Waals surface area contributed by atoms with Crippen molar-refractivity contribution in [3.63, 3.8) is 0 Å². The molecule has 26 heavy (non-hydrogen) atoms. The van der Waals surface area contributed by atoms with Crippen LogP contribution in [0.15, 0.2) is 23.4 Å². The van der Waals surface area contributed by atoms with Gasteiger partial charge in [0, 0.05) is 29.8 Å². The maximum absolute atomic E-state index is 11.0. The molecule has 0 unspecified atom stereocenters. The molecule has 0 radical (unpaired) electrons. The third kappa shape index (κ3) is 3.12. The number of aryl methyl sites for hydroxylation is 4. The number of benzene rings is 1. The second-order valence-electron chi connectivity index (χ2n) is 6.36. The molecule has 0 aliphatic rings. The number of nitrogens with zero attached hydrogens (tertiary/aromatic N) is 3. The lowest BCUT2D eigenvalue weighted by molar-refractivity contribution is 0.466. The van der Waals surface area contributed by atoms with Gasteiger partial charge in [-0.15, -0.1) is 4.91 Å². The molecule has 7 heteroatoms. The van der Waals surface area contributed by atoms with E-state index in [9.17, 15) is 10.0 Å². The molecule has 136 valence electrons. The minimum absolute atomic E-state index is 0.0864. The second kappa shape index (κ2) is 7.11. The van der Waals surface area contributed by atoms with Gasteiger partial charge in [0.15, 0.2) is 0 Å². The van der Waals surface area contributed by atoms with Gasteiger partial charge in [0.2, 0.25) is 0 Å². The highest BCUT2D eigenvalue weighted by Crippen LogP contribution is 2.39. The van der Waals surface area contributed by atoms with Crippen LogP contribution in [0.1, 0.15) is 59.8 Å². The highest BCUT2D eigenvalue weighted by molar-refractivity contribution is 5.54. The Balaban J connectivity index is 2.27. The van der Waals surface area contributed by atoms with Gasteiger partial charge in [0.05, 0.1) is 17.3 Å². The molecule has 0 amide bonds. The maximum atomic E-state index is 11.0. The number of nitrogens with one attached hydrogen (secondary N) is 2. The normalized spacial score (nSPS) is 11.3. The van der Waals surface area contributed by atoms with Gasteiger partial charge >= 0.3 is 0 Å². The average molecular weight is 353 g/mol. The Morgan fingerprint density at radius 3 is 2.00 bits per heavy atom. The smallest absolute Gasteiger partial charge is 0.120 e. The summed E-state index contributed by atoms with van der Waals surface area (Å²) in [5.74, 6) is 1.43. The summed E-state index contributed by atoms with van der Waals surface area (Å²) in [5.41, 5.74) is 4.23. The van der Waals surface area contributed by atoms with Crippen molar-refractivity contribution < 1.29 is 5.11 Å². The Kier molecular flexibility index (Phi) is 4.88. The molecule has 2 heterocycles. The van der Waals surface area contributed by atoms with Gasteiger partial charge < -0.3 is 15.1 Å². The van der Waals surface area contributed by atoms with Crippen LogP contribution >= 0.6 is 0 Å². The molecule has 0 fully saturated rings. The van der Waals surface area contributed by atoms with Gasteiger partial charge in [0.1, 0.15) is 23.1 Å². The van der Waals surface area contributed by atoms with E-state index in [4.69, 9.17) is 9.97 Å². The third-order valence-corrected chi connectivity index (χ3v) is 4.59. The number of aromatic amines is 2. The van der Waals surface area contributed by atoms with E-state index in [1.165, 1.54) is 12.1 Å². The molecule has 3 aromatic rings. The SMILES string of the molecule is CCc1nc(C(c2cc(N=O)ccc2O)c2nc(CC)[nH]c2C)c(C)[nH]1. The van der Waals surface area contributed by atoms with Crippen molar-refractivity contribution in [3.8, 4) is 5.75 Å². The van der Waals surface area contributed by atoms with Crippen molar-refractivity contribution in [3.05, 3.63) is 63.1 Å². The van der Waals surface area contributed by atoms with Crippen LogP contribution in [-0.2, 0) is 12.8 Å². The standard InChI is InChI=1S/C19H23N5O2/c1-5-15-20-10(3)18(22-15)17(19-11(4)21-16(6-2)23-19)13-9-12(24-26)7-8-14(13)25/h7-9,17,25H,5-6H2,1-4H3,(H,20,22)(H,21,23). The van der Waals surface area contributed by atoms with Crippen LogP contribution in [0, 0.1) is 18.8 Å². The summed E-state index contributed by atoms with van der Waals surface area (Å²) < 4.78 is 0. The van der Waals surface area contributed by atoms with Crippen LogP contribution in [0.5, 0.6) is 5.75 Å². The topological polar surface area (TPSA) is 107 Å². The minimum atomic E-state index is -0.398. The predicted molar refractivity (Wildman–Crippen MR) is 99.9 cm³/mol. The van der Waals surface area contributed by atoms with Crippen LogP contribution in [0.25, 0.3) is 0 Å². The van der Waals surface area contributed by atoms with Crippen LogP contribution in [0.4, 0.5) is 5.69 Å². The molecule has 0 aliphatic heterocycles. The number of nitroso groups, excluding NO2 is 1. The summed E-state index contributed by atoms with van der Waals surface area (Å²) >= 11 is 0. The van der Waals surface area contributed by atoms with Crippen molar-refractivity contribution in [2.45, 2.75) is 46.5 Å². The Hall–Kier alpha value is -2.96. The molecule has 0 saturated heterocycles. The molecule has 2 aromatic heterocycles. The lowest BCUT2D eigenvalue weighted by atomic mass is 9.89. The molecule has 1 aromatic carbocycles. The van der Waals surface area contributed by atoms with Gasteiger partial charge in [-0.05, 0) is 37.2 Å². The molecule has 0 aliphatic carbocycles. The first kappa shape index (κ1) is 17.8. The molecular formula is C19H23N5O2. The number of hydrogen-bond acceptors (Lipinski definition) is 5. The van der Waals surface area contributed by atoms with Crippen molar-refractivity contribution in [1.82, 2.24) is 19.9 Å². The molecule has 0 bridgehead atoms. The quantitative estimate of drug-likeness (QED) is 0.578. The summed E-state index contributed by atoms with van der Waals surface area (Å²) in [6.07, 6.45) is 1.55.